The highest BCUT2D eigenvalue weighted by Gasteiger charge is 2.14. The average Bonchev–Trinajstić information content (AvgIpc) is 2.26. The first-order valence-electron chi connectivity index (χ1n) is 4.63. The van der Waals surface area contributed by atoms with Crippen LogP contribution in [0.1, 0.15) is 12.0 Å². The molecule has 0 aromatic heterocycles. The molecule has 0 fully saturated rings. The number of aryl methyl sites for hydroxylation is 1. The Balaban J connectivity index is 2.12. The number of fused-ring (bicyclic) bond motifs is 1. The maximum atomic E-state index is 5.31. The first kappa shape index (κ1) is 10.4. The minimum Gasteiger partial charge on any atom is -0.375 e. The van der Waals surface area contributed by atoms with Crippen LogP contribution in [0.5, 0.6) is 0 Å². The van der Waals surface area contributed by atoms with E-state index in [1.54, 1.807) is 11.8 Å². The highest BCUT2D eigenvalue weighted by atomic mass is 32.2. The number of hydrogen-bond acceptors (Lipinski definition) is 3. The molecule has 15 heavy (non-hydrogen) atoms. The standard InChI is InChI=1S/C10H11N3S2/c11-10(14)13-12-9-6-5-7-3-1-2-4-8(7)15-9/h1-4H,5-6H2,(H3,11,13,14). The van der Waals surface area contributed by atoms with Crippen LogP contribution in [0.25, 0.3) is 0 Å². The Morgan fingerprint density at radius 1 is 1.40 bits per heavy atom. The summed E-state index contributed by atoms with van der Waals surface area (Å²) in [5, 5.41) is 5.38. The summed E-state index contributed by atoms with van der Waals surface area (Å²) in [6.45, 7) is 0. The van der Waals surface area contributed by atoms with Crippen molar-refractivity contribution in [2.45, 2.75) is 17.7 Å². The summed E-state index contributed by atoms with van der Waals surface area (Å²) in [5.74, 6) is 0. The predicted octanol–water partition coefficient (Wildman–Crippen LogP) is 1.87. The van der Waals surface area contributed by atoms with Crippen LogP contribution in [-0.2, 0) is 6.42 Å². The second-order valence-corrected chi connectivity index (χ2v) is 4.75. The zero-order valence-corrected chi connectivity index (χ0v) is 9.70. The topological polar surface area (TPSA) is 50.4 Å². The Hall–Kier alpha value is -1.07. The normalized spacial score (nSPS) is 17.2. The van der Waals surface area contributed by atoms with Crippen molar-refractivity contribution in [3.8, 4) is 0 Å². The molecule has 5 heteroatoms. The highest BCUT2D eigenvalue weighted by Crippen LogP contribution is 2.31. The van der Waals surface area contributed by atoms with Crippen LogP contribution < -0.4 is 11.2 Å². The van der Waals surface area contributed by atoms with Crippen LogP contribution in [-0.4, -0.2) is 10.2 Å². The third kappa shape index (κ3) is 2.70. The summed E-state index contributed by atoms with van der Waals surface area (Å²) in [5.41, 5.74) is 9.32. The molecule has 0 unspecified atom stereocenters. The van der Waals surface area contributed by atoms with Crippen molar-refractivity contribution < 1.29 is 0 Å². The SMILES string of the molecule is NC(=S)NN=C1CCc2ccccc2S1. The molecule has 1 heterocycles. The summed E-state index contributed by atoms with van der Waals surface area (Å²) < 4.78 is 0. The summed E-state index contributed by atoms with van der Waals surface area (Å²) in [4.78, 5) is 1.27. The van der Waals surface area contributed by atoms with Crippen LogP contribution in [0.15, 0.2) is 34.3 Å². The molecule has 0 spiro atoms. The molecule has 0 amide bonds. The largest absolute Gasteiger partial charge is 0.375 e. The minimum absolute atomic E-state index is 0.210. The molecular weight excluding hydrogens is 226 g/mol. The number of nitrogens with two attached hydrogens (primary N) is 1. The zero-order chi connectivity index (χ0) is 10.7. The van der Waals surface area contributed by atoms with E-state index < -0.39 is 0 Å². The van der Waals surface area contributed by atoms with Gasteiger partial charge in [-0.3, -0.25) is 5.43 Å². The maximum absolute atomic E-state index is 5.31. The van der Waals surface area contributed by atoms with Crippen molar-refractivity contribution in [1.82, 2.24) is 5.43 Å². The molecule has 0 atom stereocenters. The second-order valence-electron chi connectivity index (χ2n) is 3.19. The number of benzene rings is 1. The van der Waals surface area contributed by atoms with Crippen molar-refractivity contribution in [2.75, 3.05) is 0 Å². The third-order valence-electron chi connectivity index (χ3n) is 2.10. The lowest BCUT2D eigenvalue weighted by molar-refractivity contribution is 0.962. The molecule has 3 nitrogen and oxygen atoms in total. The first-order valence-corrected chi connectivity index (χ1v) is 5.86. The van der Waals surface area contributed by atoms with Crippen molar-refractivity contribution >= 4 is 34.1 Å². The van der Waals surface area contributed by atoms with Gasteiger partial charge in [0.2, 0.25) is 0 Å². The summed E-state index contributed by atoms with van der Waals surface area (Å²) >= 11 is 6.36. The van der Waals surface area contributed by atoms with E-state index in [9.17, 15) is 0 Å². The second kappa shape index (κ2) is 4.63. The van der Waals surface area contributed by atoms with Gasteiger partial charge in [-0.05, 0) is 30.3 Å². The van der Waals surface area contributed by atoms with Gasteiger partial charge in [0.05, 0.1) is 5.04 Å². The minimum atomic E-state index is 0.210. The fraction of sp³-hybridized carbons (Fsp3) is 0.200. The molecule has 1 aliphatic rings. The molecule has 78 valence electrons. The van der Waals surface area contributed by atoms with E-state index in [0.717, 1.165) is 17.9 Å². The lowest BCUT2D eigenvalue weighted by Crippen LogP contribution is -2.25. The lowest BCUT2D eigenvalue weighted by Gasteiger charge is -2.16. The Labute approximate surface area is 98.1 Å². The Bertz CT molecular complexity index is 415. The fourth-order valence-electron chi connectivity index (χ4n) is 1.43. The first-order chi connectivity index (χ1) is 7.25. The summed E-state index contributed by atoms with van der Waals surface area (Å²) in [7, 11) is 0. The number of thioether (sulfide) groups is 1. The number of rotatable bonds is 1. The number of nitrogens with one attached hydrogen (secondary N) is 1. The van der Waals surface area contributed by atoms with E-state index in [1.165, 1.54) is 10.5 Å². The average molecular weight is 237 g/mol. The fourth-order valence-corrected chi connectivity index (χ4v) is 2.47. The van der Waals surface area contributed by atoms with E-state index in [0.29, 0.717) is 0 Å². The molecule has 1 aromatic rings. The third-order valence-corrected chi connectivity index (χ3v) is 3.34. The van der Waals surface area contributed by atoms with Gasteiger partial charge in [-0.1, -0.05) is 30.0 Å². The van der Waals surface area contributed by atoms with Gasteiger partial charge in [0.25, 0.3) is 0 Å². The molecule has 0 saturated carbocycles. The van der Waals surface area contributed by atoms with Crippen LogP contribution in [0.4, 0.5) is 0 Å². The lowest BCUT2D eigenvalue weighted by atomic mass is 10.1. The van der Waals surface area contributed by atoms with Gasteiger partial charge in [0, 0.05) is 11.3 Å². The molecule has 0 bridgehead atoms. The molecule has 1 aliphatic heterocycles. The zero-order valence-electron chi connectivity index (χ0n) is 8.06. The molecule has 0 radical (unpaired) electrons. The highest BCUT2D eigenvalue weighted by molar-refractivity contribution is 8.14. The van der Waals surface area contributed by atoms with E-state index in [4.69, 9.17) is 18.0 Å². The molecule has 2 rings (SSSR count). The van der Waals surface area contributed by atoms with Gasteiger partial charge >= 0.3 is 0 Å². The van der Waals surface area contributed by atoms with Crippen molar-refractivity contribution in [1.29, 1.82) is 0 Å². The van der Waals surface area contributed by atoms with Gasteiger partial charge in [0.1, 0.15) is 0 Å². The number of hydrazone groups is 1. The number of thiocarbonyl (C=S) groups is 1. The van der Waals surface area contributed by atoms with Gasteiger partial charge in [-0.15, -0.1) is 0 Å². The van der Waals surface area contributed by atoms with Crippen LogP contribution in [0, 0.1) is 0 Å². The smallest absolute Gasteiger partial charge is 0.184 e. The Morgan fingerprint density at radius 2 is 2.20 bits per heavy atom. The molecule has 3 N–H and O–H groups in total. The van der Waals surface area contributed by atoms with Crippen molar-refractivity contribution in [2.24, 2.45) is 10.8 Å². The van der Waals surface area contributed by atoms with Crippen LogP contribution in [0.2, 0.25) is 0 Å². The van der Waals surface area contributed by atoms with Gasteiger partial charge < -0.3 is 5.73 Å². The van der Waals surface area contributed by atoms with Crippen LogP contribution in [0.3, 0.4) is 0 Å². The molecular formula is C10H11N3S2. The number of nitrogens with zero attached hydrogens (tertiary/aromatic N) is 1. The number of hydrogen-bond donors (Lipinski definition) is 2. The quantitative estimate of drug-likeness (QED) is 0.578. The molecule has 0 saturated heterocycles. The summed E-state index contributed by atoms with van der Waals surface area (Å²) in [6, 6.07) is 8.36. The van der Waals surface area contributed by atoms with E-state index in [-0.39, 0.29) is 5.11 Å². The van der Waals surface area contributed by atoms with E-state index in [2.05, 4.69) is 28.7 Å². The van der Waals surface area contributed by atoms with E-state index in [1.807, 2.05) is 6.07 Å². The monoisotopic (exact) mass is 237 g/mol. The van der Waals surface area contributed by atoms with Crippen LogP contribution >= 0.6 is 24.0 Å². The predicted molar refractivity (Wildman–Crippen MR) is 68.0 cm³/mol. The maximum Gasteiger partial charge on any atom is 0.184 e. The molecule has 0 aliphatic carbocycles. The van der Waals surface area contributed by atoms with Crippen molar-refractivity contribution in [3.05, 3.63) is 29.8 Å². The van der Waals surface area contributed by atoms with E-state index >= 15 is 0 Å². The molecule has 1 aromatic carbocycles. The van der Waals surface area contributed by atoms with Gasteiger partial charge in [-0.2, -0.15) is 5.10 Å². The summed E-state index contributed by atoms with van der Waals surface area (Å²) in [6.07, 6.45) is 1.97. The Morgan fingerprint density at radius 3 is 3.00 bits per heavy atom. The van der Waals surface area contributed by atoms with Gasteiger partial charge in [0.15, 0.2) is 5.11 Å². The Kier molecular flexibility index (Phi) is 3.23. The van der Waals surface area contributed by atoms with Crippen molar-refractivity contribution in [3.63, 3.8) is 0 Å². The van der Waals surface area contributed by atoms with Gasteiger partial charge in [-0.25, -0.2) is 0 Å².